The highest BCUT2D eigenvalue weighted by molar-refractivity contribution is 6.76. The van der Waals surface area contributed by atoms with Crippen LogP contribution in [0.1, 0.15) is 32.2 Å². The van der Waals surface area contributed by atoms with Crippen molar-refractivity contribution in [2.45, 2.75) is 66.3 Å². The van der Waals surface area contributed by atoms with E-state index in [0.29, 0.717) is 30.2 Å². The minimum absolute atomic E-state index is 0.0287. The standard InChI is InChI=1S/C26H34F4N4O2Si/c1-17-12-22(36-15-25(2,3)4)31-14-20(17)18-8-9-19(21(27)13-18)23-32-24(26(28,29)30)33-34(23)16-35-10-11-37(5,6)7/h8-9,12-14H,10-11,15-16H2,1-7H3. The molecule has 11 heteroatoms. The first-order chi connectivity index (χ1) is 17.0. The van der Waals surface area contributed by atoms with E-state index >= 15 is 4.39 Å². The van der Waals surface area contributed by atoms with Crippen molar-refractivity contribution in [3.8, 4) is 28.4 Å². The number of benzene rings is 1. The Morgan fingerprint density at radius 3 is 2.30 bits per heavy atom. The third-order valence-corrected chi connectivity index (χ3v) is 7.10. The normalized spacial score (nSPS) is 12.7. The van der Waals surface area contributed by atoms with Crippen LogP contribution in [0.2, 0.25) is 25.7 Å². The summed E-state index contributed by atoms with van der Waals surface area (Å²) < 4.78 is 67.6. The van der Waals surface area contributed by atoms with Gasteiger partial charge in [-0.25, -0.2) is 19.0 Å². The lowest BCUT2D eigenvalue weighted by atomic mass is 9.98. The van der Waals surface area contributed by atoms with E-state index in [2.05, 4.69) is 55.5 Å². The van der Waals surface area contributed by atoms with Gasteiger partial charge in [-0.2, -0.15) is 13.2 Å². The molecule has 0 aliphatic carbocycles. The molecule has 0 atom stereocenters. The molecule has 0 N–H and O–H groups in total. The van der Waals surface area contributed by atoms with E-state index in [1.54, 1.807) is 18.3 Å². The number of hydrogen-bond donors (Lipinski definition) is 0. The molecule has 0 bridgehead atoms. The molecule has 2 aromatic heterocycles. The second kappa shape index (κ2) is 10.9. The zero-order valence-corrected chi connectivity index (χ0v) is 23.3. The minimum Gasteiger partial charge on any atom is -0.477 e. The molecule has 0 aliphatic heterocycles. The number of aryl methyl sites for hydroxylation is 1. The van der Waals surface area contributed by atoms with Crippen LogP contribution in [0.15, 0.2) is 30.5 Å². The van der Waals surface area contributed by atoms with Crippen LogP contribution in [0.4, 0.5) is 17.6 Å². The first-order valence-electron chi connectivity index (χ1n) is 12.0. The van der Waals surface area contributed by atoms with E-state index in [1.807, 2.05) is 6.92 Å². The predicted molar refractivity (Wildman–Crippen MR) is 137 cm³/mol. The first kappa shape index (κ1) is 28.8. The smallest absolute Gasteiger partial charge is 0.453 e. The summed E-state index contributed by atoms with van der Waals surface area (Å²) in [7, 11) is -1.39. The van der Waals surface area contributed by atoms with Crippen LogP contribution in [0.5, 0.6) is 5.88 Å². The zero-order valence-electron chi connectivity index (χ0n) is 22.3. The molecule has 0 saturated heterocycles. The molecule has 202 valence electrons. The number of nitrogens with zero attached hydrogens (tertiary/aromatic N) is 4. The van der Waals surface area contributed by atoms with Gasteiger partial charge in [-0.05, 0) is 41.6 Å². The lowest BCUT2D eigenvalue weighted by molar-refractivity contribution is -0.145. The molecule has 2 heterocycles. The number of ether oxygens (including phenoxy) is 2. The van der Waals surface area contributed by atoms with E-state index in [9.17, 15) is 13.2 Å². The summed E-state index contributed by atoms with van der Waals surface area (Å²) in [6.45, 7) is 15.1. The molecule has 0 radical (unpaired) electrons. The quantitative estimate of drug-likeness (QED) is 0.164. The number of alkyl halides is 3. The van der Waals surface area contributed by atoms with Crippen molar-refractivity contribution < 1.29 is 27.0 Å². The van der Waals surface area contributed by atoms with Gasteiger partial charge >= 0.3 is 6.18 Å². The number of halogens is 4. The Morgan fingerprint density at radius 1 is 1.03 bits per heavy atom. The van der Waals surface area contributed by atoms with Crippen LogP contribution in [0.3, 0.4) is 0 Å². The van der Waals surface area contributed by atoms with Crippen LogP contribution in [0.25, 0.3) is 22.5 Å². The number of aromatic nitrogens is 4. The van der Waals surface area contributed by atoms with Crippen molar-refractivity contribution in [1.29, 1.82) is 0 Å². The second-order valence-corrected chi connectivity index (χ2v) is 17.1. The molecule has 0 amide bonds. The first-order valence-corrected chi connectivity index (χ1v) is 15.7. The maximum atomic E-state index is 15.3. The van der Waals surface area contributed by atoms with E-state index in [0.717, 1.165) is 16.3 Å². The fraction of sp³-hybridized carbons (Fsp3) is 0.500. The molecule has 0 aliphatic rings. The molecule has 6 nitrogen and oxygen atoms in total. The molecular weight excluding hydrogens is 504 g/mol. The van der Waals surface area contributed by atoms with Crippen LogP contribution >= 0.6 is 0 Å². The zero-order chi connectivity index (χ0) is 27.6. The Kier molecular flexibility index (Phi) is 8.48. The highest BCUT2D eigenvalue weighted by Crippen LogP contribution is 2.33. The summed E-state index contributed by atoms with van der Waals surface area (Å²) in [4.78, 5) is 7.92. The Hall–Kier alpha value is -2.79. The van der Waals surface area contributed by atoms with Crippen molar-refractivity contribution in [2.24, 2.45) is 5.41 Å². The van der Waals surface area contributed by atoms with Crippen molar-refractivity contribution >= 4 is 8.07 Å². The number of hydrogen-bond acceptors (Lipinski definition) is 5. The number of pyridine rings is 1. The lowest BCUT2D eigenvalue weighted by Gasteiger charge is -2.18. The summed E-state index contributed by atoms with van der Waals surface area (Å²) in [5.41, 5.74) is 1.91. The van der Waals surface area contributed by atoms with Gasteiger partial charge in [-0.1, -0.05) is 46.5 Å². The van der Waals surface area contributed by atoms with Gasteiger partial charge in [0.05, 0.1) is 12.2 Å². The Morgan fingerprint density at radius 2 is 1.73 bits per heavy atom. The van der Waals surface area contributed by atoms with Gasteiger partial charge in [0, 0.05) is 32.5 Å². The average molecular weight is 539 g/mol. The van der Waals surface area contributed by atoms with Gasteiger partial charge in [-0.15, -0.1) is 5.10 Å². The van der Waals surface area contributed by atoms with Crippen molar-refractivity contribution in [1.82, 2.24) is 19.7 Å². The van der Waals surface area contributed by atoms with Crippen LogP contribution in [0, 0.1) is 18.2 Å². The summed E-state index contributed by atoms with van der Waals surface area (Å²) in [6, 6.07) is 6.89. The molecule has 0 saturated carbocycles. The van der Waals surface area contributed by atoms with E-state index in [-0.39, 0.29) is 23.5 Å². The van der Waals surface area contributed by atoms with E-state index < -0.39 is 25.9 Å². The fourth-order valence-corrected chi connectivity index (χ4v) is 4.10. The summed E-state index contributed by atoms with van der Waals surface area (Å²) >= 11 is 0. The molecular formula is C26H34F4N4O2Si. The summed E-state index contributed by atoms with van der Waals surface area (Å²) in [5.74, 6) is -1.85. The third-order valence-electron chi connectivity index (χ3n) is 5.40. The molecule has 3 aromatic rings. The minimum atomic E-state index is -4.77. The maximum absolute atomic E-state index is 15.3. The van der Waals surface area contributed by atoms with Gasteiger partial charge in [0.15, 0.2) is 5.82 Å². The van der Waals surface area contributed by atoms with Crippen LogP contribution in [-0.2, 0) is 17.6 Å². The molecule has 3 rings (SSSR count). The van der Waals surface area contributed by atoms with Crippen LogP contribution < -0.4 is 4.74 Å². The van der Waals surface area contributed by atoms with Crippen LogP contribution in [-0.4, -0.2) is 41.0 Å². The third kappa shape index (κ3) is 8.09. The maximum Gasteiger partial charge on any atom is 0.453 e. The molecule has 37 heavy (non-hydrogen) atoms. The van der Waals surface area contributed by atoms with Gasteiger partial charge in [-0.3, -0.25) is 0 Å². The number of rotatable bonds is 9. The van der Waals surface area contributed by atoms with E-state index in [4.69, 9.17) is 9.47 Å². The average Bonchev–Trinajstić information content (AvgIpc) is 3.18. The van der Waals surface area contributed by atoms with Crippen molar-refractivity contribution in [3.63, 3.8) is 0 Å². The van der Waals surface area contributed by atoms with Gasteiger partial charge < -0.3 is 9.47 Å². The topological polar surface area (TPSA) is 62.1 Å². The molecule has 0 spiro atoms. The van der Waals surface area contributed by atoms with E-state index in [1.165, 1.54) is 12.1 Å². The van der Waals surface area contributed by atoms with Gasteiger partial charge in [0.25, 0.3) is 5.82 Å². The highest BCUT2D eigenvalue weighted by atomic mass is 28.3. The predicted octanol–water partition coefficient (Wildman–Crippen LogP) is 7.21. The molecule has 0 fully saturated rings. The van der Waals surface area contributed by atoms with Crippen molar-refractivity contribution in [3.05, 3.63) is 47.7 Å². The van der Waals surface area contributed by atoms with Gasteiger partial charge in [0.2, 0.25) is 5.88 Å². The van der Waals surface area contributed by atoms with Gasteiger partial charge in [0.1, 0.15) is 12.5 Å². The molecule has 0 unspecified atom stereocenters. The SMILES string of the molecule is Cc1cc(OCC(C)(C)C)ncc1-c1ccc(-c2nc(C(F)(F)F)nn2COCC[Si](C)(C)C)c(F)c1. The second-order valence-electron chi connectivity index (χ2n) is 11.5. The van der Waals surface area contributed by atoms with Crippen molar-refractivity contribution in [2.75, 3.05) is 13.2 Å². The lowest BCUT2D eigenvalue weighted by Crippen LogP contribution is -2.22. The highest BCUT2D eigenvalue weighted by Gasteiger charge is 2.37. The Bertz CT molecular complexity index is 1230. The largest absolute Gasteiger partial charge is 0.477 e. The summed E-state index contributed by atoms with van der Waals surface area (Å²) in [6.07, 6.45) is -3.17. The summed E-state index contributed by atoms with van der Waals surface area (Å²) in [5, 5.41) is 3.55. The Labute approximate surface area is 216 Å². The monoisotopic (exact) mass is 538 g/mol. The Balaban J connectivity index is 1.87. The molecule has 1 aromatic carbocycles. The fourth-order valence-electron chi connectivity index (χ4n) is 3.35.